The number of carbonyl (C=O) groups excluding carboxylic acids is 1. The molecule has 0 bridgehead atoms. The van der Waals surface area contributed by atoms with E-state index < -0.39 is 17.9 Å². The Labute approximate surface area is 89.3 Å². The smallest absolute Gasteiger partial charge is 0.308 e. The molecule has 2 atom stereocenters. The third-order valence-corrected chi connectivity index (χ3v) is 2.23. The molecule has 0 spiro atoms. The highest BCUT2D eigenvalue weighted by Gasteiger charge is 2.33. The molecule has 0 radical (unpaired) electrons. The van der Waals surface area contributed by atoms with Crippen LogP contribution in [0.4, 0.5) is 0 Å². The highest BCUT2D eigenvalue weighted by atomic mass is 16.7. The Morgan fingerprint density at radius 2 is 2.33 bits per heavy atom. The number of esters is 1. The molecular formula is C10H18O5. The average Bonchev–Trinajstić information content (AvgIpc) is 2.44. The first-order valence-electron chi connectivity index (χ1n) is 4.99. The van der Waals surface area contributed by atoms with E-state index in [1.54, 1.807) is 0 Å². The van der Waals surface area contributed by atoms with Crippen molar-refractivity contribution in [3.05, 3.63) is 0 Å². The molecule has 0 unspecified atom stereocenters. The van der Waals surface area contributed by atoms with Gasteiger partial charge < -0.3 is 19.3 Å². The van der Waals surface area contributed by atoms with Gasteiger partial charge in [0.05, 0.1) is 32.3 Å². The number of ether oxygens (including phenoxy) is 3. The van der Waals surface area contributed by atoms with Crippen LogP contribution >= 0.6 is 0 Å². The summed E-state index contributed by atoms with van der Waals surface area (Å²) in [6.07, 6.45) is -0.505. The fourth-order valence-corrected chi connectivity index (χ4v) is 1.54. The summed E-state index contributed by atoms with van der Waals surface area (Å²) in [7, 11) is 1.30. The lowest BCUT2D eigenvalue weighted by Gasteiger charge is -2.18. The van der Waals surface area contributed by atoms with Crippen LogP contribution in [0, 0.1) is 0 Å². The molecule has 1 saturated heterocycles. The maximum absolute atomic E-state index is 10.9. The molecule has 5 heteroatoms. The minimum Gasteiger partial charge on any atom is -0.469 e. The lowest BCUT2D eigenvalue weighted by Crippen LogP contribution is -2.25. The molecule has 0 aromatic heterocycles. The fraction of sp³-hybridized carbons (Fsp3) is 0.900. The van der Waals surface area contributed by atoms with Crippen LogP contribution in [0.5, 0.6) is 0 Å². The third-order valence-electron chi connectivity index (χ3n) is 2.23. The molecule has 1 N–H and O–H groups in total. The Balaban J connectivity index is 2.27. The van der Waals surface area contributed by atoms with Gasteiger partial charge in [0.1, 0.15) is 0 Å². The van der Waals surface area contributed by atoms with Gasteiger partial charge in [-0.1, -0.05) is 0 Å². The van der Waals surface area contributed by atoms with Crippen molar-refractivity contribution >= 4 is 5.97 Å². The minimum atomic E-state index is -0.736. The van der Waals surface area contributed by atoms with Crippen LogP contribution in [0.1, 0.15) is 26.7 Å². The maximum Gasteiger partial charge on any atom is 0.308 e. The number of methoxy groups -OCH3 is 1. The van der Waals surface area contributed by atoms with Gasteiger partial charge in [-0.25, -0.2) is 0 Å². The van der Waals surface area contributed by atoms with Crippen LogP contribution in [0.25, 0.3) is 0 Å². The summed E-state index contributed by atoms with van der Waals surface area (Å²) < 4.78 is 15.3. The zero-order valence-corrected chi connectivity index (χ0v) is 9.36. The van der Waals surface area contributed by atoms with E-state index in [1.165, 1.54) is 7.11 Å². The van der Waals surface area contributed by atoms with Crippen molar-refractivity contribution in [1.29, 1.82) is 0 Å². The Hall–Kier alpha value is -0.650. The van der Waals surface area contributed by atoms with Crippen molar-refractivity contribution in [2.24, 2.45) is 0 Å². The second-order valence-corrected chi connectivity index (χ2v) is 4.12. The van der Waals surface area contributed by atoms with Crippen LogP contribution in [0.3, 0.4) is 0 Å². The number of rotatable bonds is 4. The monoisotopic (exact) mass is 218 g/mol. The first-order chi connectivity index (χ1) is 6.93. The molecule has 0 aromatic rings. The highest BCUT2D eigenvalue weighted by molar-refractivity contribution is 5.69. The topological polar surface area (TPSA) is 65.0 Å². The molecule has 88 valence electrons. The molecular weight excluding hydrogens is 200 g/mol. The van der Waals surface area contributed by atoms with E-state index in [-0.39, 0.29) is 12.5 Å². The molecule has 0 amide bonds. The van der Waals surface area contributed by atoms with E-state index in [0.717, 1.165) is 0 Å². The number of hydrogen-bond acceptors (Lipinski definition) is 5. The summed E-state index contributed by atoms with van der Waals surface area (Å²) >= 11 is 0. The molecule has 1 heterocycles. The van der Waals surface area contributed by atoms with Crippen molar-refractivity contribution in [2.45, 2.75) is 44.7 Å². The van der Waals surface area contributed by atoms with E-state index in [2.05, 4.69) is 4.74 Å². The number of hydrogen-bond donors (Lipinski definition) is 1. The van der Waals surface area contributed by atoms with Gasteiger partial charge in [-0.3, -0.25) is 4.79 Å². The largest absolute Gasteiger partial charge is 0.469 e. The Morgan fingerprint density at radius 1 is 1.67 bits per heavy atom. The van der Waals surface area contributed by atoms with Crippen LogP contribution in [0.15, 0.2) is 0 Å². The predicted octanol–water partition coefficient (Wildman–Crippen LogP) is 0.452. The van der Waals surface area contributed by atoms with Gasteiger partial charge in [0, 0.05) is 6.42 Å². The van der Waals surface area contributed by atoms with Gasteiger partial charge in [0.15, 0.2) is 5.79 Å². The molecule has 1 aliphatic heterocycles. The summed E-state index contributed by atoms with van der Waals surface area (Å²) in [6.45, 7) is 4.09. The minimum absolute atomic E-state index is 0.00319. The molecule has 15 heavy (non-hydrogen) atoms. The number of carbonyl (C=O) groups is 1. The maximum atomic E-state index is 10.9. The molecule has 0 aliphatic carbocycles. The molecule has 0 aromatic carbocycles. The highest BCUT2D eigenvalue weighted by Crippen LogP contribution is 2.25. The standard InChI is InChI=1S/C10H18O5/c1-10(2)14-6-8(15-10)4-7(11)5-9(12)13-3/h7-8,11H,4-6H2,1-3H3/t7-,8-/m1/s1. The Bertz CT molecular complexity index is 226. The van der Waals surface area contributed by atoms with Gasteiger partial charge in [-0.05, 0) is 13.8 Å². The van der Waals surface area contributed by atoms with Gasteiger partial charge in [-0.2, -0.15) is 0 Å². The SMILES string of the molecule is COC(=O)C[C@H](O)C[C@@H]1COC(C)(C)O1. The lowest BCUT2D eigenvalue weighted by atomic mass is 10.1. The fourth-order valence-electron chi connectivity index (χ4n) is 1.54. The Morgan fingerprint density at radius 3 is 2.80 bits per heavy atom. The summed E-state index contributed by atoms with van der Waals surface area (Å²) in [4.78, 5) is 10.9. The normalized spacial score (nSPS) is 26.3. The average molecular weight is 218 g/mol. The van der Waals surface area contributed by atoms with Crippen molar-refractivity contribution < 1.29 is 24.1 Å². The van der Waals surface area contributed by atoms with Crippen molar-refractivity contribution in [2.75, 3.05) is 13.7 Å². The van der Waals surface area contributed by atoms with E-state index in [4.69, 9.17) is 9.47 Å². The van der Waals surface area contributed by atoms with Crippen molar-refractivity contribution in [3.8, 4) is 0 Å². The second kappa shape index (κ2) is 4.92. The molecule has 1 aliphatic rings. The molecule has 1 rings (SSSR count). The summed E-state index contributed by atoms with van der Waals surface area (Å²) in [6, 6.07) is 0. The third kappa shape index (κ3) is 4.15. The lowest BCUT2D eigenvalue weighted by molar-refractivity contribution is -0.146. The van der Waals surface area contributed by atoms with Crippen LogP contribution < -0.4 is 0 Å². The van der Waals surface area contributed by atoms with Crippen LogP contribution in [-0.4, -0.2) is 42.8 Å². The summed E-state index contributed by atoms with van der Waals surface area (Å²) in [5.74, 6) is -1.00. The van der Waals surface area contributed by atoms with E-state index in [1.807, 2.05) is 13.8 Å². The first kappa shape index (κ1) is 12.4. The summed E-state index contributed by atoms with van der Waals surface area (Å²) in [5.41, 5.74) is 0. The van der Waals surface area contributed by atoms with Crippen LogP contribution in [0.2, 0.25) is 0 Å². The number of aliphatic hydroxyl groups excluding tert-OH is 1. The first-order valence-corrected chi connectivity index (χ1v) is 4.99. The predicted molar refractivity (Wildman–Crippen MR) is 52.2 cm³/mol. The van der Waals surface area contributed by atoms with E-state index in [9.17, 15) is 9.90 Å². The van der Waals surface area contributed by atoms with Gasteiger partial charge >= 0.3 is 5.97 Å². The molecule has 1 fully saturated rings. The second-order valence-electron chi connectivity index (χ2n) is 4.12. The van der Waals surface area contributed by atoms with Gasteiger partial charge in [0.2, 0.25) is 0 Å². The van der Waals surface area contributed by atoms with Crippen molar-refractivity contribution in [1.82, 2.24) is 0 Å². The Kier molecular flexibility index (Phi) is 4.07. The number of aliphatic hydroxyl groups is 1. The van der Waals surface area contributed by atoms with Gasteiger partial charge in [-0.15, -0.1) is 0 Å². The van der Waals surface area contributed by atoms with Crippen molar-refractivity contribution in [3.63, 3.8) is 0 Å². The zero-order valence-electron chi connectivity index (χ0n) is 9.36. The quantitative estimate of drug-likeness (QED) is 0.694. The molecule has 0 saturated carbocycles. The van der Waals surface area contributed by atoms with Gasteiger partial charge in [0.25, 0.3) is 0 Å². The van der Waals surface area contributed by atoms with E-state index >= 15 is 0 Å². The molecule has 5 nitrogen and oxygen atoms in total. The van der Waals surface area contributed by atoms with E-state index in [0.29, 0.717) is 13.0 Å². The summed E-state index contributed by atoms with van der Waals surface area (Å²) in [5, 5.41) is 9.54. The zero-order chi connectivity index (χ0) is 11.5. The van der Waals surface area contributed by atoms with Crippen LogP contribution in [-0.2, 0) is 19.0 Å².